The molecule has 0 radical (unpaired) electrons. The van der Waals surface area contributed by atoms with Gasteiger partial charge in [-0.25, -0.2) is 55.0 Å². The summed E-state index contributed by atoms with van der Waals surface area (Å²) in [6.07, 6.45) is -5.59. The summed E-state index contributed by atoms with van der Waals surface area (Å²) in [4.78, 5) is 146. The van der Waals surface area contributed by atoms with E-state index >= 15 is 0 Å². The first-order chi connectivity index (χ1) is 62.2. The molecule has 48 heteroatoms. The van der Waals surface area contributed by atoms with Crippen LogP contribution in [0.1, 0.15) is 155 Å². The third-order valence-electron chi connectivity index (χ3n) is 21.2. The molecule has 0 saturated carbocycles. The number of esters is 4. The van der Waals surface area contributed by atoms with Gasteiger partial charge in [-0.1, -0.05) is 93.1 Å². The first-order valence-electron chi connectivity index (χ1n) is 40.9. The van der Waals surface area contributed by atoms with E-state index in [1.54, 1.807) is 104 Å². The molecule has 16 atom stereocenters. The van der Waals surface area contributed by atoms with Crippen molar-refractivity contribution < 1.29 is 186 Å². The largest absolute Gasteiger partial charge is 0.475 e. The van der Waals surface area contributed by atoms with Crippen molar-refractivity contribution >= 4 is 102 Å². The molecule has 0 spiro atoms. The maximum Gasteiger partial charge on any atom is 0.475 e. The Balaban J connectivity index is 0.000000148. The highest BCUT2D eigenvalue weighted by Gasteiger charge is 2.55. The summed E-state index contributed by atoms with van der Waals surface area (Å²) < 4.78 is 214. The number of fused-ring (bicyclic) bond motifs is 4. The van der Waals surface area contributed by atoms with Crippen LogP contribution >= 0.6 is 31.3 Å². The average molecular weight is 1910 g/mol. The predicted molar refractivity (Wildman–Crippen MR) is 427 cm³/mol. The van der Waals surface area contributed by atoms with Crippen molar-refractivity contribution in [3.8, 4) is 0 Å². The molecule has 12 aliphatic heterocycles. The van der Waals surface area contributed by atoms with Gasteiger partial charge in [0.05, 0.1) is 128 Å². The molecule has 0 N–H and O–H groups in total. The fourth-order valence-corrected chi connectivity index (χ4v) is 20.0. The fourth-order valence-electron chi connectivity index (χ4n) is 14.5. The Kier molecular flexibility index (Phi) is 32.6. The monoisotopic (exact) mass is 1900 g/mol. The molecule has 4 unspecified atom stereocenters. The minimum atomic E-state index is -4.01. The number of benzene rings is 4. The molecule has 40 nitrogen and oxygen atoms in total. The maximum atomic E-state index is 13.7. The molecule has 0 aromatic heterocycles. The van der Waals surface area contributed by atoms with Gasteiger partial charge in [0.2, 0.25) is 46.8 Å². The van der Waals surface area contributed by atoms with Crippen LogP contribution in [0.3, 0.4) is 0 Å². The van der Waals surface area contributed by atoms with Gasteiger partial charge in [-0.05, 0) is 66.3 Å². The van der Waals surface area contributed by atoms with Gasteiger partial charge >= 0.3 is 55.2 Å². The Labute approximate surface area is 738 Å². The molecule has 8 saturated heterocycles. The number of halogens is 4. The lowest BCUT2D eigenvalue weighted by Crippen LogP contribution is -2.40. The number of hydrogen-bond acceptors (Lipinski definition) is 36. The number of methoxy groups -OCH3 is 1. The molecule has 4 amide bonds. The number of Topliss-reactive ketones (excluding diaryl/α,β-unsaturated/α-hetero) is 4. The van der Waals surface area contributed by atoms with E-state index in [4.69, 9.17) is 92.2 Å². The first-order valence-corrected chi connectivity index (χ1v) is 46.7. The van der Waals surface area contributed by atoms with E-state index in [0.717, 1.165) is 57.2 Å². The Morgan fingerprint density at radius 3 is 0.862 bits per heavy atom. The third-order valence-corrected chi connectivity index (χ3v) is 26.9. The summed E-state index contributed by atoms with van der Waals surface area (Å²) in [5.41, 5.74) is 2.88. The summed E-state index contributed by atoms with van der Waals surface area (Å²) in [7, 11) is -14.8. The van der Waals surface area contributed by atoms with E-state index in [1.807, 2.05) is 13.8 Å². The van der Waals surface area contributed by atoms with Gasteiger partial charge in [0.25, 0.3) is 0 Å². The molecular weight excluding hydrogens is 1820 g/mol. The van der Waals surface area contributed by atoms with Crippen LogP contribution in [-0.4, -0.2) is 217 Å². The van der Waals surface area contributed by atoms with Crippen LogP contribution in [0, 0.1) is 0 Å². The number of amides is 4. The zero-order valence-corrected chi connectivity index (χ0v) is 73.4. The van der Waals surface area contributed by atoms with E-state index in [9.17, 15) is 93.4 Å². The number of rotatable bonds is 26. The van der Waals surface area contributed by atoms with Crippen LogP contribution in [-0.2, 0) is 175 Å². The summed E-state index contributed by atoms with van der Waals surface area (Å²) in [5, 5.41) is 0. The smallest absolute Gasteiger partial charge is 0.465 e. The number of ether oxygens (including phenoxy) is 8. The summed E-state index contributed by atoms with van der Waals surface area (Å²) in [6, 6.07) is 26.3. The lowest BCUT2D eigenvalue weighted by atomic mass is 10.1. The number of carbonyl (C=O) groups excluding carboxylic acids is 12. The second-order valence-electron chi connectivity index (χ2n) is 30.1. The highest BCUT2D eigenvalue weighted by Crippen LogP contribution is 2.61. The second kappa shape index (κ2) is 43.3. The van der Waals surface area contributed by atoms with Crippen molar-refractivity contribution in [3.63, 3.8) is 0 Å². The van der Waals surface area contributed by atoms with Crippen LogP contribution in [0.5, 0.6) is 0 Å². The van der Waals surface area contributed by atoms with Crippen molar-refractivity contribution in [2.24, 2.45) is 0 Å². The highest BCUT2D eigenvalue weighted by molar-refractivity contribution is 7.49. The minimum Gasteiger partial charge on any atom is -0.465 e. The predicted octanol–water partition coefficient (Wildman–Crippen LogP) is 11.3. The molecule has 130 heavy (non-hydrogen) atoms. The van der Waals surface area contributed by atoms with E-state index < -0.39 is 225 Å². The number of hydrogen-bond donors (Lipinski definition) is 0. The number of unbranched alkanes of at least 4 members (excludes halogenated alkanes) is 1. The van der Waals surface area contributed by atoms with E-state index in [1.165, 1.54) is 7.11 Å². The second-order valence-corrected chi connectivity index (χ2v) is 36.6. The maximum absolute atomic E-state index is 13.7. The van der Waals surface area contributed by atoms with Crippen LogP contribution in [0.25, 0.3) is 0 Å². The van der Waals surface area contributed by atoms with E-state index in [-0.39, 0.29) is 114 Å². The van der Waals surface area contributed by atoms with Crippen LogP contribution in [0.2, 0.25) is 0 Å². The van der Waals surface area contributed by atoms with E-state index in [2.05, 4.69) is 0 Å². The molecule has 700 valence electrons. The highest BCUT2D eigenvalue weighted by atomic mass is 31.2. The zero-order chi connectivity index (χ0) is 92.9. The quantitative estimate of drug-likeness (QED) is 0.0141. The van der Waals surface area contributed by atoms with Crippen molar-refractivity contribution in [1.29, 1.82) is 0 Å². The lowest BCUT2D eigenvalue weighted by Gasteiger charge is -2.30. The lowest BCUT2D eigenvalue weighted by molar-refractivity contribution is -0.147. The van der Waals surface area contributed by atoms with Gasteiger partial charge < -0.3 is 37.9 Å². The number of ketones is 4. The topological polar surface area (TPSA) is 471 Å². The molecule has 16 rings (SSSR count). The van der Waals surface area contributed by atoms with Gasteiger partial charge in [0, 0.05) is 50.5 Å². The average Bonchev–Trinajstić information content (AvgIpc) is 1.65. The SMILES string of the molecule is CCCCOC(=O)c1ccccc1COP1(=O)OC[C@H]2O[C@@H](N3C=C(F)C(=O)CC3=O)C[C@@H]2O1.CCCOC(=O)c1ccccc1COP1(=O)OC[C@H]2O[C@@H](N3C=C(F)C(=O)CC3=O)C[C@@H]2O1.CCOC(=O)c1ccccc1COP1(=O)OC[C@H]2O[C@@H](N3C=C(F)C(=O)CC3=O)C[C@@H]2O1.COC(=O)c1ccccc1COP1(=O)OC[C@H]2O[C@@H](N3C=C(F)C(=O)CC3=O)C[C@@H]2O1. The van der Waals surface area contributed by atoms with Gasteiger partial charge in [0.15, 0.2) is 23.3 Å². The Morgan fingerprint density at radius 1 is 0.354 bits per heavy atom. The Bertz CT molecular complexity index is 5370. The summed E-state index contributed by atoms with van der Waals surface area (Å²) in [6.45, 7) is 4.88. The Morgan fingerprint density at radius 2 is 0.608 bits per heavy atom. The number of phosphoric ester groups is 4. The van der Waals surface area contributed by atoms with Crippen molar-refractivity contribution in [1.82, 2.24) is 19.6 Å². The standard InChI is InChI=1S/C22H25FNO9P.C21H23FNO9P.C20H21FNO9P.C19H19FNO9P/c1-2-3-8-29-22(27)15-7-5-4-6-14(15)12-30-34(28)31-13-19-18(33-34)10-21(32-19)24-11-16(23)17(25)9-20(24)26;1-2-7-28-21(26)14-6-4-3-5-13(14)11-29-33(27)30-12-18-17(32-33)9-20(31-18)23-10-15(22)16(24)8-19(23)25;1-2-27-20(25)13-6-4-3-5-12(13)10-28-32(26)29-11-17-16(31-32)8-19(30-17)22-9-14(21)15(23)7-18(22)24;1-26-19(24)12-5-3-2-4-11(12)9-27-31(25)28-10-16-15(30-31)7-18(29-16)21-8-13(20)14(22)6-17(21)23/h4-7,11,18-19,21H,2-3,8-10,12-13H2,1H3;3-6,10,17-18,20H,2,7-9,11-12H2,1H3;3-6,9,16-17,19H,2,7-8,10-11H2,1H3;2-5,8,15-16,18H,6-7,9-10H2,1H3/t18-,19+,21+,34?;17-,18+,20+,33?;16-,17+,19+,32?;15-,16+,18+,31?/m0000/s1. The molecule has 0 aliphatic carbocycles. The molecule has 12 heterocycles. The minimum absolute atomic E-state index is 0.0871. The van der Waals surface area contributed by atoms with Gasteiger partial charge in [-0.3, -0.25) is 112 Å². The molecule has 8 fully saturated rings. The number of nitrogens with zero attached hydrogens (tertiary/aromatic N) is 4. The zero-order valence-electron chi connectivity index (χ0n) is 69.8. The Hall–Kier alpha value is -9.72. The molecule has 0 bridgehead atoms. The van der Waals surface area contributed by atoms with Gasteiger partial charge in [-0.2, -0.15) is 0 Å². The third kappa shape index (κ3) is 24.0. The number of carbonyl (C=O) groups is 12. The van der Waals surface area contributed by atoms with Crippen LogP contribution in [0.15, 0.2) is 145 Å². The van der Waals surface area contributed by atoms with Crippen molar-refractivity contribution in [2.75, 3.05) is 53.4 Å². The van der Waals surface area contributed by atoms with Crippen molar-refractivity contribution in [2.45, 2.75) is 192 Å². The summed E-state index contributed by atoms with van der Waals surface area (Å²) >= 11 is 0. The normalized spacial score (nSPS) is 29.8. The number of allylic oxidation sites excluding steroid dienone is 4. The first kappa shape index (κ1) is 97.8. The van der Waals surface area contributed by atoms with E-state index in [0.29, 0.717) is 35.3 Å². The van der Waals surface area contributed by atoms with Gasteiger partial charge in [-0.15, -0.1) is 0 Å². The molecule has 4 aromatic rings. The number of phosphoric acid groups is 4. The van der Waals surface area contributed by atoms with Gasteiger partial charge in [0.1, 0.15) is 73.7 Å². The van der Waals surface area contributed by atoms with Crippen LogP contribution in [0.4, 0.5) is 17.6 Å². The van der Waals surface area contributed by atoms with Crippen molar-refractivity contribution in [3.05, 3.63) is 190 Å². The molecule has 4 aromatic carbocycles. The van der Waals surface area contributed by atoms with Crippen LogP contribution < -0.4 is 0 Å². The molecular formula is C82H88F4N4O36P4. The molecule has 12 aliphatic rings. The fraction of sp³-hybridized carbons (Fsp3) is 0.463. The summed E-state index contributed by atoms with van der Waals surface area (Å²) in [5.74, 6) is -12.2.